The molecule has 0 aromatic carbocycles. The fourth-order valence-electron chi connectivity index (χ4n) is 1.61. The molecule has 1 aromatic heterocycles. The van der Waals surface area contributed by atoms with Gasteiger partial charge in [0.2, 0.25) is 0 Å². The second-order valence-electron chi connectivity index (χ2n) is 5.90. The van der Waals surface area contributed by atoms with Crippen LogP contribution in [0.25, 0.3) is 0 Å². The number of rotatable bonds is 6. The van der Waals surface area contributed by atoms with Crippen molar-refractivity contribution >= 4 is 17.4 Å². The van der Waals surface area contributed by atoms with Gasteiger partial charge in [0.1, 0.15) is 0 Å². The van der Waals surface area contributed by atoms with Gasteiger partial charge in [0.25, 0.3) is 0 Å². The number of hydrogen-bond donors (Lipinski definition) is 3. The third-order valence-corrected chi connectivity index (χ3v) is 4.06. The molecular formula is C14H25N3O2S. The average molecular weight is 299 g/mol. The van der Waals surface area contributed by atoms with Crippen molar-refractivity contribution in [3.63, 3.8) is 0 Å². The van der Waals surface area contributed by atoms with E-state index in [4.69, 9.17) is 0 Å². The minimum absolute atomic E-state index is 0.0371. The second-order valence-corrected chi connectivity index (χ2v) is 6.76. The van der Waals surface area contributed by atoms with Gasteiger partial charge in [0.05, 0.1) is 23.4 Å². The molecule has 2 amide bonds. The number of urea groups is 1. The van der Waals surface area contributed by atoms with E-state index in [0.717, 1.165) is 17.1 Å². The quantitative estimate of drug-likeness (QED) is 0.755. The lowest BCUT2D eigenvalue weighted by Crippen LogP contribution is -2.39. The van der Waals surface area contributed by atoms with Crippen LogP contribution >= 0.6 is 11.3 Å². The molecule has 1 rings (SSSR count). The van der Waals surface area contributed by atoms with E-state index in [1.54, 1.807) is 11.3 Å². The van der Waals surface area contributed by atoms with Gasteiger partial charge in [-0.1, -0.05) is 34.1 Å². The fourth-order valence-corrected chi connectivity index (χ4v) is 2.52. The summed E-state index contributed by atoms with van der Waals surface area (Å²) in [6, 6.07) is -0.273. The molecule has 0 spiro atoms. The SMILES string of the molecule is CCCC(O)CNC(=O)NCc1csc(C(C)(C)C)n1. The van der Waals surface area contributed by atoms with Crippen LogP contribution < -0.4 is 10.6 Å². The molecule has 0 fully saturated rings. The van der Waals surface area contributed by atoms with E-state index in [-0.39, 0.29) is 18.0 Å². The van der Waals surface area contributed by atoms with Crippen LogP contribution in [-0.4, -0.2) is 28.8 Å². The molecule has 6 heteroatoms. The predicted molar refractivity (Wildman–Crippen MR) is 82.0 cm³/mol. The average Bonchev–Trinajstić information content (AvgIpc) is 2.83. The number of nitrogens with one attached hydrogen (secondary N) is 2. The van der Waals surface area contributed by atoms with Crippen molar-refractivity contribution < 1.29 is 9.90 Å². The first-order chi connectivity index (χ1) is 9.32. The maximum atomic E-state index is 11.6. The summed E-state index contributed by atoms with van der Waals surface area (Å²) in [5, 5.41) is 17.9. The molecule has 1 aromatic rings. The van der Waals surface area contributed by atoms with Crippen molar-refractivity contribution in [2.75, 3.05) is 6.54 Å². The summed E-state index contributed by atoms with van der Waals surface area (Å²) >= 11 is 1.61. The Morgan fingerprint density at radius 3 is 2.70 bits per heavy atom. The summed E-state index contributed by atoms with van der Waals surface area (Å²) in [6.07, 6.45) is 1.12. The molecule has 0 saturated carbocycles. The molecule has 0 aliphatic heterocycles. The summed E-state index contributed by atoms with van der Waals surface area (Å²) in [4.78, 5) is 16.1. The first kappa shape index (κ1) is 16.9. The fraction of sp³-hybridized carbons (Fsp3) is 0.714. The monoisotopic (exact) mass is 299 g/mol. The van der Waals surface area contributed by atoms with Gasteiger partial charge in [-0.15, -0.1) is 11.3 Å². The number of carbonyl (C=O) groups excluding carboxylic acids is 1. The minimum Gasteiger partial charge on any atom is -0.391 e. The van der Waals surface area contributed by atoms with Gasteiger partial charge < -0.3 is 15.7 Å². The highest BCUT2D eigenvalue weighted by atomic mass is 32.1. The molecule has 3 N–H and O–H groups in total. The Bertz CT molecular complexity index is 426. The van der Waals surface area contributed by atoms with Gasteiger partial charge in [-0.2, -0.15) is 0 Å². The van der Waals surface area contributed by atoms with Gasteiger partial charge in [-0.3, -0.25) is 0 Å². The zero-order valence-electron chi connectivity index (χ0n) is 12.7. The van der Waals surface area contributed by atoms with Crippen molar-refractivity contribution in [2.45, 2.75) is 58.6 Å². The molecule has 0 bridgehead atoms. The van der Waals surface area contributed by atoms with Crippen LogP contribution in [0, 0.1) is 0 Å². The van der Waals surface area contributed by atoms with Gasteiger partial charge in [0.15, 0.2) is 0 Å². The summed E-state index contributed by atoms with van der Waals surface area (Å²) in [5.41, 5.74) is 0.902. The van der Waals surface area contributed by atoms with E-state index in [0.29, 0.717) is 13.0 Å². The van der Waals surface area contributed by atoms with Crippen molar-refractivity contribution in [3.05, 3.63) is 16.1 Å². The van der Waals surface area contributed by atoms with E-state index in [9.17, 15) is 9.90 Å². The van der Waals surface area contributed by atoms with Crippen LogP contribution in [0.5, 0.6) is 0 Å². The molecule has 5 nitrogen and oxygen atoms in total. The Kier molecular flexibility index (Phi) is 6.42. The van der Waals surface area contributed by atoms with Gasteiger partial charge >= 0.3 is 6.03 Å². The maximum absolute atomic E-state index is 11.6. The Balaban J connectivity index is 2.32. The molecule has 0 radical (unpaired) electrons. The van der Waals surface area contributed by atoms with Gasteiger partial charge in [-0.25, -0.2) is 9.78 Å². The lowest BCUT2D eigenvalue weighted by molar-refractivity contribution is 0.160. The third-order valence-electron chi connectivity index (χ3n) is 2.74. The summed E-state index contributed by atoms with van der Waals surface area (Å²) in [5.74, 6) is 0. The van der Waals surface area contributed by atoms with Crippen LogP contribution in [-0.2, 0) is 12.0 Å². The summed E-state index contributed by atoms with van der Waals surface area (Å²) < 4.78 is 0. The largest absolute Gasteiger partial charge is 0.391 e. The van der Waals surface area contributed by atoms with E-state index in [1.807, 2.05) is 12.3 Å². The van der Waals surface area contributed by atoms with Gasteiger partial charge in [-0.05, 0) is 6.42 Å². The maximum Gasteiger partial charge on any atom is 0.315 e. The first-order valence-corrected chi connectivity index (χ1v) is 7.85. The molecule has 1 atom stereocenters. The molecule has 0 saturated heterocycles. The molecule has 1 unspecified atom stereocenters. The summed E-state index contributed by atoms with van der Waals surface area (Å²) in [6.45, 7) is 9.03. The zero-order valence-corrected chi connectivity index (χ0v) is 13.5. The van der Waals surface area contributed by atoms with Crippen LogP contribution in [0.4, 0.5) is 4.79 Å². The van der Waals surface area contributed by atoms with Crippen LogP contribution in [0.3, 0.4) is 0 Å². The number of carbonyl (C=O) groups is 1. The van der Waals surface area contributed by atoms with E-state index in [1.165, 1.54) is 0 Å². The second kappa shape index (κ2) is 7.59. The highest BCUT2D eigenvalue weighted by Crippen LogP contribution is 2.25. The molecule has 0 aliphatic rings. The number of amides is 2. The standard InChI is InChI=1S/C14H25N3O2S/c1-5-6-11(18)8-16-13(19)15-7-10-9-20-12(17-10)14(2,3)4/h9,11,18H,5-8H2,1-4H3,(H2,15,16,19). The normalized spacial score (nSPS) is 13.1. The highest BCUT2D eigenvalue weighted by Gasteiger charge is 2.18. The predicted octanol–water partition coefficient (Wildman–Crippen LogP) is 2.40. The van der Waals surface area contributed by atoms with Crippen molar-refractivity contribution in [1.82, 2.24) is 15.6 Å². The van der Waals surface area contributed by atoms with Crippen molar-refractivity contribution in [3.8, 4) is 0 Å². The van der Waals surface area contributed by atoms with E-state index < -0.39 is 6.10 Å². The highest BCUT2D eigenvalue weighted by molar-refractivity contribution is 7.09. The first-order valence-electron chi connectivity index (χ1n) is 6.97. The summed E-state index contributed by atoms with van der Waals surface area (Å²) in [7, 11) is 0. The van der Waals surface area contributed by atoms with Crippen molar-refractivity contribution in [1.29, 1.82) is 0 Å². The van der Waals surface area contributed by atoms with E-state index >= 15 is 0 Å². The number of aliphatic hydroxyl groups is 1. The Morgan fingerprint density at radius 1 is 1.45 bits per heavy atom. The number of aromatic nitrogens is 1. The molecule has 20 heavy (non-hydrogen) atoms. The molecular weight excluding hydrogens is 274 g/mol. The van der Waals surface area contributed by atoms with Crippen molar-refractivity contribution in [2.24, 2.45) is 0 Å². The van der Waals surface area contributed by atoms with Crippen LogP contribution in [0.2, 0.25) is 0 Å². The molecule has 0 aliphatic carbocycles. The zero-order chi connectivity index (χ0) is 15.2. The number of thiazole rings is 1. The topological polar surface area (TPSA) is 74.2 Å². The smallest absolute Gasteiger partial charge is 0.315 e. The minimum atomic E-state index is -0.475. The Labute approximate surface area is 124 Å². The number of hydrogen-bond acceptors (Lipinski definition) is 4. The Hall–Kier alpha value is -1.14. The van der Waals surface area contributed by atoms with Crippen LogP contribution in [0.1, 0.15) is 51.2 Å². The number of aliphatic hydroxyl groups excluding tert-OH is 1. The lowest BCUT2D eigenvalue weighted by Gasteiger charge is -2.13. The number of nitrogens with zero attached hydrogens (tertiary/aromatic N) is 1. The van der Waals surface area contributed by atoms with E-state index in [2.05, 4.69) is 36.4 Å². The van der Waals surface area contributed by atoms with Crippen LogP contribution in [0.15, 0.2) is 5.38 Å². The lowest BCUT2D eigenvalue weighted by atomic mass is 9.98. The molecule has 114 valence electrons. The molecule has 1 heterocycles. The third kappa shape index (κ3) is 5.88. The Morgan fingerprint density at radius 2 is 2.15 bits per heavy atom. The van der Waals surface area contributed by atoms with Gasteiger partial charge in [0, 0.05) is 17.3 Å².